The molecule has 0 bridgehead atoms. The zero-order valence-corrected chi connectivity index (χ0v) is 15.9. The minimum atomic E-state index is -0.762. The molecule has 1 aromatic carbocycles. The van der Waals surface area contributed by atoms with Crippen molar-refractivity contribution >= 4 is 23.5 Å². The first-order chi connectivity index (χ1) is 12.4. The summed E-state index contributed by atoms with van der Waals surface area (Å²) in [4.78, 5) is 30.0. The van der Waals surface area contributed by atoms with Gasteiger partial charge in [-0.05, 0) is 23.6 Å². The molecular weight excluding hydrogens is 354 g/mol. The first kappa shape index (κ1) is 19.1. The van der Waals surface area contributed by atoms with E-state index in [0.29, 0.717) is 32.7 Å². The van der Waals surface area contributed by atoms with Crippen molar-refractivity contribution < 1.29 is 14.7 Å². The van der Waals surface area contributed by atoms with Crippen LogP contribution in [0.15, 0.2) is 24.3 Å². The average Bonchev–Trinajstić information content (AvgIpc) is 2.96. The van der Waals surface area contributed by atoms with E-state index < -0.39 is 5.97 Å². The third kappa shape index (κ3) is 4.75. The average molecular weight is 380 g/mol. The standard InChI is InChI=1S/C19H26ClN3O3/c1-14-10-22(12-17(14)19(25)26)13-18(24)23-7-5-21(6-8-23)11-15-3-2-4-16(20)9-15/h2-4,9,14,17H,5-8,10-13H2,1H3,(H,25,26)/t14-,17-/m1/s1. The number of aliphatic carboxylic acids is 1. The number of hydrogen-bond acceptors (Lipinski definition) is 4. The molecule has 2 atom stereocenters. The van der Waals surface area contributed by atoms with Crippen molar-refractivity contribution in [1.82, 2.24) is 14.7 Å². The summed E-state index contributed by atoms with van der Waals surface area (Å²) in [5, 5.41) is 9.96. The van der Waals surface area contributed by atoms with Crippen LogP contribution in [0.3, 0.4) is 0 Å². The van der Waals surface area contributed by atoms with Gasteiger partial charge >= 0.3 is 5.97 Å². The number of amides is 1. The Morgan fingerprint density at radius 3 is 2.50 bits per heavy atom. The first-order valence-corrected chi connectivity index (χ1v) is 9.50. The van der Waals surface area contributed by atoms with Crippen LogP contribution in [0, 0.1) is 11.8 Å². The molecule has 1 N–H and O–H groups in total. The van der Waals surface area contributed by atoms with E-state index in [-0.39, 0.29) is 17.7 Å². The summed E-state index contributed by atoms with van der Waals surface area (Å²) in [7, 11) is 0. The van der Waals surface area contributed by atoms with Gasteiger partial charge in [0.05, 0.1) is 12.5 Å². The van der Waals surface area contributed by atoms with Crippen LogP contribution in [0.25, 0.3) is 0 Å². The van der Waals surface area contributed by atoms with Gasteiger partial charge in [0, 0.05) is 50.8 Å². The number of benzene rings is 1. The number of halogens is 1. The lowest BCUT2D eigenvalue weighted by atomic mass is 9.99. The molecule has 2 aliphatic heterocycles. The second-order valence-electron chi connectivity index (χ2n) is 7.40. The van der Waals surface area contributed by atoms with Crippen molar-refractivity contribution in [2.45, 2.75) is 13.5 Å². The summed E-state index contributed by atoms with van der Waals surface area (Å²) in [6, 6.07) is 7.87. The zero-order chi connectivity index (χ0) is 18.7. The van der Waals surface area contributed by atoms with E-state index in [0.717, 1.165) is 24.7 Å². The van der Waals surface area contributed by atoms with Gasteiger partial charge in [-0.2, -0.15) is 0 Å². The summed E-state index contributed by atoms with van der Waals surface area (Å²) < 4.78 is 0. The second-order valence-corrected chi connectivity index (χ2v) is 7.84. The molecule has 2 saturated heterocycles. The van der Waals surface area contributed by atoms with Gasteiger partial charge < -0.3 is 10.0 Å². The van der Waals surface area contributed by atoms with Gasteiger partial charge in [0.1, 0.15) is 0 Å². The lowest BCUT2D eigenvalue weighted by Crippen LogP contribution is -2.50. The highest BCUT2D eigenvalue weighted by atomic mass is 35.5. The van der Waals surface area contributed by atoms with Gasteiger partial charge in [-0.3, -0.25) is 19.4 Å². The molecule has 6 nitrogen and oxygen atoms in total. The summed E-state index contributed by atoms with van der Waals surface area (Å²) in [5.74, 6) is -0.931. The normalized spacial score (nSPS) is 24.8. The molecule has 1 aromatic rings. The predicted octanol–water partition coefficient (Wildman–Crippen LogP) is 1.64. The van der Waals surface area contributed by atoms with Crippen LogP contribution in [0.1, 0.15) is 12.5 Å². The topological polar surface area (TPSA) is 64.1 Å². The third-order valence-corrected chi connectivity index (χ3v) is 5.62. The molecule has 0 radical (unpaired) electrons. The number of carbonyl (C=O) groups is 2. The van der Waals surface area contributed by atoms with E-state index in [4.69, 9.17) is 11.6 Å². The molecule has 0 spiro atoms. The Labute approximate surface area is 159 Å². The van der Waals surface area contributed by atoms with Crippen molar-refractivity contribution in [3.8, 4) is 0 Å². The van der Waals surface area contributed by atoms with E-state index in [1.54, 1.807) is 0 Å². The molecule has 0 aromatic heterocycles. The number of hydrogen-bond donors (Lipinski definition) is 1. The zero-order valence-electron chi connectivity index (χ0n) is 15.1. The smallest absolute Gasteiger partial charge is 0.308 e. The van der Waals surface area contributed by atoms with Crippen LogP contribution in [0.2, 0.25) is 5.02 Å². The molecule has 142 valence electrons. The number of carboxylic acids is 1. The van der Waals surface area contributed by atoms with Gasteiger partial charge in [0.2, 0.25) is 5.91 Å². The summed E-state index contributed by atoms with van der Waals surface area (Å²) in [5.41, 5.74) is 1.18. The maximum atomic E-state index is 12.5. The minimum Gasteiger partial charge on any atom is -0.481 e. The van der Waals surface area contributed by atoms with Crippen LogP contribution in [0.5, 0.6) is 0 Å². The lowest BCUT2D eigenvalue weighted by molar-refractivity contribution is -0.142. The van der Waals surface area contributed by atoms with Crippen molar-refractivity contribution in [3.05, 3.63) is 34.9 Å². The third-order valence-electron chi connectivity index (χ3n) is 5.38. The van der Waals surface area contributed by atoms with E-state index >= 15 is 0 Å². The lowest BCUT2D eigenvalue weighted by Gasteiger charge is -2.35. The largest absolute Gasteiger partial charge is 0.481 e. The molecule has 2 heterocycles. The number of carboxylic acid groups (broad SMARTS) is 1. The van der Waals surface area contributed by atoms with Gasteiger partial charge in [0.25, 0.3) is 0 Å². The molecular formula is C19H26ClN3O3. The van der Waals surface area contributed by atoms with Crippen molar-refractivity contribution in [1.29, 1.82) is 0 Å². The number of rotatable bonds is 5. The molecule has 26 heavy (non-hydrogen) atoms. The van der Waals surface area contributed by atoms with Gasteiger partial charge in [-0.15, -0.1) is 0 Å². The molecule has 0 unspecified atom stereocenters. The van der Waals surface area contributed by atoms with Crippen molar-refractivity contribution in [3.63, 3.8) is 0 Å². The fourth-order valence-electron chi connectivity index (χ4n) is 3.86. The van der Waals surface area contributed by atoms with E-state index in [1.807, 2.05) is 34.9 Å². The minimum absolute atomic E-state index is 0.0924. The summed E-state index contributed by atoms with van der Waals surface area (Å²) in [6.45, 7) is 7.36. The Balaban J connectivity index is 1.44. The molecule has 2 aliphatic rings. The highest BCUT2D eigenvalue weighted by Gasteiger charge is 2.36. The predicted molar refractivity (Wildman–Crippen MR) is 100 cm³/mol. The second kappa shape index (κ2) is 8.37. The van der Waals surface area contributed by atoms with Gasteiger partial charge in [-0.25, -0.2) is 0 Å². The van der Waals surface area contributed by atoms with Gasteiger partial charge in [-0.1, -0.05) is 30.7 Å². The quantitative estimate of drug-likeness (QED) is 0.842. The van der Waals surface area contributed by atoms with Crippen LogP contribution < -0.4 is 0 Å². The molecule has 7 heteroatoms. The summed E-state index contributed by atoms with van der Waals surface area (Å²) in [6.07, 6.45) is 0. The Bertz CT molecular complexity index is 661. The van der Waals surface area contributed by atoms with E-state index in [9.17, 15) is 14.7 Å². The summed E-state index contributed by atoms with van der Waals surface area (Å²) >= 11 is 6.04. The molecule has 0 saturated carbocycles. The fourth-order valence-corrected chi connectivity index (χ4v) is 4.07. The number of piperazine rings is 1. The number of likely N-dealkylation sites (tertiary alicyclic amines) is 1. The number of carbonyl (C=O) groups excluding carboxylic acids is 1. The van der Waals surface area contributed by atoms with E-state index in [1.165, 1.54) is 5.56 Å². The monoisotopic (exact) mass is 379 g/mol. The Morgan fingerprint density at radius 1 is 1.15 bits per heavy atom. The number of nitrogens with zero attached hydrogens (tertiary/aromatic N) is 3. The maximum Gasteiger partial charge on any atom is 0.308 e. The highest BCUT2D eigenvalue weighted by Crippen LogP contribution is 2.23. The Morgan fingerprint density at radius 2 is 1.88 bits per heavy atom. The Hall–Kier alpha value is -1.63. The Kier molecular flexibility index (Phi) is 6.16. The van der Waals surface area contributed by atoms with Crippen molar-refractivity contribution in [2.24, 2.45) is 11.8 Å². The van der Waals surface area contributed by atoms with Crippen LogP contribution in [-0.2, 0) is 16.1 Å². The highest BCUT2D eigenvalue weighted by molar-refractivity contribution is 6.30. The van der Waals surface area contributed by atoms with Crippen LogP contribution in [-0.4, -0.2) is 77.5 Å². The molecule has 3 rings (SSSR count). The fraction of sp³-hybridized carbons (Fsp3) is 0.579. The molecule has 2 fully saturated rings. The molecule has 0 aliphatic carbocycles. The van der Waals surface area contributed by atoms with Gasteiger partial charge in [0.15, 0.2) is 0 Å². The van der Waals surface area contributed by atoms with E-state index in [2.05, 4.69) is 11.0 Å². The first-order valence-electron chi connectivity index (χ1n) is 9.12. The van der Waals surface area contributed by atoms with Crippen molar-refractivity contribution in [2.75, 3.05) is 45.8 Å². The van der Waals surface area contributed by atoms with Crippen LogP contribution in [0.4, 0.5) is 0 Å². The maximum absolute atomic E-state index is 12.5. The molecule has 1 amide bonds. The van der Waals surface area contributed by atoms with Crippen LogP contribution >= 0.6 is 11.6 Å². The SMILES string of the molecule is C[C@@H]1CN(CC(=O)N2CCN(Cc3cccc(Cl)c3)CC2)C[C@H]1C(=O)O.